The van der Waals surface area contributed by atoms with E-state index in [9.17, 15) is 24.1 Å². The number of rotatable bonds is 4. The van der Waals surface area contributed by atoms with E-state index in [-0.39, 0.29) is 30.2 Å². The SMILES string of the molecule is O=C(Nc1ccccc1[N+](=O)[O-])NC1CC(=O)N(c2cccc(F)c2)C1. The van der Waals surface area contributed by atoms with Crippen LogP contribution < -0.4 is 15.5 Å². The summed E-state index contributed by atoms with van der Waals surface area (Å²) in [6.45, 7) is 0.187. The van der Waals surface area contributed by atoms with Gasteiger partial charge in [-0.15, -0.1) is 0 Å². The van der Waals surface area contributed by atoms with Crippen molar-refractivity contribution in [2.45, 2.75) is 12.5 Å². The summed E-state index contributed by atoms with van der Waals surface area (Å²) in [6, 6.07) is 10.2. The number of para-hydroxylation sites is 2. The van der Waals surface area contributed by atoms with Crippen molar-refractivity contribution in [2.75, 3.05) is 16.8 Å². The summed E-state index contributed by atoms with van der Waals surface area (Å²) in [6.07, 6.45) is 0.0564. The van der Waals surface area contributed by atoms with Gasteiger partial charge in [-0.2, -0.15) is 0 Å². The summed E-state index contributed by atoms with van der Waals surface area (Å²) in [5.74, 6) is -0.701. The summed E-state index contributed by atoms with van der Waals surface area (Å²) in [4.78, 5) is 36.0. The van der Waals surface area contributed by atoms with Gasteiger partial charge in [0.2, 0.25) is 5.91 Å². The van der Waals surface area contributed by atoms with Crippen molar-refractivity contribution >= 4 is 29.0 Å². The summed E-state index contributed by atoms with van der Waals surface area (Å²) in [7, 11) is 0. The molecule has 3 amide bonds. The molecule has 1 heterocycles. The lowest BCUT2D eigenvalue weighted by molar-refractivity contribution is -0.383. The second-order valence-electron chi connectivity index (χ2n) is 5.76. The maximum absolute atomic E-state index is 13.3. The first-order valence-corrected chi connectivity index (χ1v) is 7.81. The third kappa shape index (κ3) is 3.77. The maximum atomic E-state index is 13.3. The maximum Gasteiger partial charge on any atom is 0.319 e. The van der Waals surface area contributed by atoms with Crippen molar-refractivity contribution in [2.24, 2.45) is 0 Å². The van der Waals surface area contributed by atoms with Gasteiger partial charge < -0.3 is 15.5 Å². The van der Waals surface area contributed by atoms with Gasteiger partial charge >= 0.3 is 6.03 Å². The Balaban J connectivity index is 1.64. The van der Waals surface area contributed by atoms with Crippen LogP contribution in [0.5, 0.6) is 0 Å². The third-order valence-corrected chi connectivity index (χ3v) is 3.93. The number of nitrogens with one attached hydrogen (secondary N) is 2. The Bertz CT molecular complexity index is 873. The zero-order chi connectivity index (χ0) is 18.7. The number of anilines is 2. The van der Waals surface area contributed by atoms with Crippen LogP contribution in [0.3, 0.4) is 0 Å². The Hall–Kier alpha value is -3.49. The van der Waals surface area contributed by atoms with Gasteiger partial charge in [0, 0.05) is 24.7 Å². The molecule has 0 spiro atoms. The van der Waals surface area contributed by atoms with Crippen LogP contribution in [0.15, 0.2) is 48.5 Å². The van der Waals surface area contributed by atoms with Crippen LogP contribution in [-0.4, -0.2) is 29.4 Å². The van der Waals surface area contributed by atoms with Crippen molar-refractivity contribution in [3.05, 3.63) is 64.5 Å². The normalized spacial score (nSPS) is 16.4. The predicted octanol–water partition coefficient (Wildman–Crippen LogP) is 2.66. The first-order valence-electron chi connectivity index (χ1n) is 7.81. The molecule has 0 saturated carbocycles. The fourth-order valence-electron chi connectivity index (χ4n) is 2.78. The summed E-state index contributed by atoms with van der Waals surface area (Å²) in [5, 5.41) is 16.0. The lowest BCUT2D eigenvalue weighted by atomic mass is 10.2. The van der Waals surface area contributed by atoms with E-state index in [1.165, 1.54) is 41.3 Å². The van der Waals surface area contributed by atoms with E-state index in [1.54, 1.807) is 12.1 Å². The number of urea groups is 1. The van der Waals surface area contributed by atoms with Crippen molar-refractivity contribution in [1.82, 2.24) is 5.32 Å². The minimum absolute atomic E-state index is 0.0564. The van der Waals surface area contributed by atoms with Crippen molar-refractivity contribution < 1.29 is 18.9 Å². The molecule has 1 fully saturated rings. The van der Waals surface area contributed by atoms with Crippen LogP contribution in [-0.2, 0) is 4.79 Å². The molecule has 2 N–H and O–H groups in total. The van der Waals surface area contributed by atoms with Crippen LogP contribution in [0, 0.1) is 15.9 Å². The third-order valence-electron chi connectivity index (χ3n) is 3.93. The molecule has 0 aliphatic carbocycles. The van der Waals surface area contributed by atoms with Crippen LogP contribution in [0.25, 0.3) is 0 Å². The first kappa shape index (κ1) is 17.3. The van der Waals surface area contributed by atoms with Gasteiger partial charge in [-0.05, 0) is 24.3 Å². The smallest absolute Gasteiger partial charge is 0.319 e. The average Bonchev–Trinajstić information content (AvgIpc) is 2.95. The molecule has 8 nitrogen and oxygen atoms in total. The average molecular weight is 358 g/mol. The number of hydrogen-bond acceptors (Lipinski definition) is 4. The number of halogens is 1. The van der Waals surface area contributed by atoms with Gasteiger partial charge in [0.1, 0.15) is 11.5 Å². The summed E-state index contributed by atoms with van der Waals surface area (Å²) >= 11 is 0. The molecule has 9 heteroatoms. The zero-order valence-electron chi connectivity index (χ0n) is 13.5. The monoisotopic (exact) mass is 358 g/mol. The van der Waals surface area contributed by atoms with E-state index in [4.69, 9.17) is 0 Å². The summed E-state index contributed by atoms with van der Waals surface area (Å²) in [5.41, 5.74) is 0.242. The highest BCUT2D eigenvalue weighted by Crippen LogP contribution is 2.24. The molecule has 26 heavy (non-hydrogen) atoms. The molecule has 1 aliphatic rings. The Morgan fingerprint density at radius 1 is 1.23 bits per heavy atom. The van der Waals surface area contributed by atoms with Crippen LogP contribution in [0.1, 0.15) is 6.42 Å². The van der Waals surface area contributed by atoms with E-state index in [1.807, 2.05) is 0 Å². The van der Waals surface area contributed by atoms with Gasteiger partial charge in [0.15, 0.2) is 0 Å². The molecule has 1 aliphatic heterocycles. The van der Waals surface area contributed by atoms with E-state index in [0.29, 0.717) is 5.69 Å². The number of nitrogens with zero attached hydrogens (tertiary/aromatic N) is 2. The first-order chi connectivity index (χ1) is 12.4. The Kier molecular flexibility index (Phi) is 4.78. The molecule has 1 saturated heterocycles. The second-order valence-corrected chi connectivity index (χ2v) is 5.76. The lowest BCUT2D eigenvalue weighted by Gasteiger charge is -2.17. The number of carbonyl (C=O) groups excluding carboxylic acids is 2. The highest BCUT2D eigenvalue weighted by Gasteiger charge is 2.32. The standard InChI is InChI=1S/C17H15FN4O4/c18-11-4-3-5-13(8-11)21-10-12(9-16(21)23)19-17(24)20-14-6-1-2-7-15(14)22(25)26/h1-8,12H,9-10H2,(H2,19,20,24). The van der Waals surface area contributed by atoms with E-state index in [2.05, 4.69) is 10.6 Å². The van der Waals surface area contributed by atoms with Crippen molar-refractivity contribution in [3.8, 4) is 0 Å². The Morgan fingerprint density at radius 3 is 2.73 bits per heavy atom. The van der Waals surface area contributed by atoms with Crippen molar-refractivity contribution in [3.63, 3.8) is 0 Å². The molecule has 0 aromatic heterocycles. The number of amides is 3. The fourth-order valence-corrected chi connectivity index (χ4v) is 2.78. The number of benzene rings is 2. The van der Waals surface area contributed by atoms with Crippen LogP contribution in [0.4, 0.5) is 26.2 Å². The number of carbonyl (C=O) groups is 2. The largest absolute Gasteiger partial charge is 0.333 e. The zero-order valence-corrected chi connectivity index (χ0v) is 13.5. The predicted molar refractivity (Wildman–Crippen MR) is 92.4 cm³/mol. The summed E-state index contributed by atoms with van der Waals surface area (Å²) < 4.78 is 13.3. The second kappa shape index (κ2) is 7.18. The minimum Gasteiger partial charge on any atom is -0.333 e. The van der Waals surface area contributed by atoms with Gasteiger partial charge in [-0.25, -0.2) is 9.18 Å². The lowest BCUT2D eigenvalue weighted by Crippen LogP contribution is -2.39. The molecule has 1 unspecified atom stereocenters. The van der Waals surface area contributed by atoms with Gasteiger partial charge in [0.05, 0.1) is 11.0 Å². The van der Waals surface area contributed by atoms with Gasteiger partial charge in [-0.1, -0.05) is 18.2 Å². The molecule has 134 valence electrons. The van der Waals surface area contributed by atoms with E-state index >= 15 is 0 Å². The molecular weight excluding hydrogens is 343 g/mol. The van der Waals surface area contributed by atoms with Crippen molar-refractivity contribution in [1.29, 1.82) is 0 Å². The number of nitro benzene ring substituents is 1. The molecular formula is C17H15FN4O4. The molecule has 0 radical (unpaired) electrons. The molecule has 0 bridgehead atoms. The van der Waals surface area contributed by atoms with Crippen LogP contribution in [0.2, 0.25) is 0 Å². The topological polar surface area (TPSA) is 105 Å². The quantitative estimate of drug-likeness (QED) is 0.647. The van der Waals surface area contributed by atoms with E-state index in [0.717, 1.165) is 0 Å². The van der Waals surface area contributed by atoms with Gasteiger partial charge in [0.25, 0.3) is 5.69 Å². The molecule has 2 aromatic rings. The molecule has 2 aromatic carbocycles. The Labute approximate surface area is 147 Å². The van der Waals surface area contributed by atoms with Crippen LogP contribution >= 0.6 is 0 Å². The highest BCUT2D eigenvalue weighted by atomic mass is 19.1. The number of nitro groups is 1. The minimum atomic E-state index is -0.654. The fraction of sp³-hybridized carbons (Fsp3) is 0.176. The molecule has 1 atom stereocenters. The molecule has 3 rings (SSSR count). The van der Waals surface area contributed by atoms with Gasteiger partial charge in [-0.3, -0.25) is 14.9 Å². The highest BCUT2D eigenvalue weighted by molar-refractivity contribution is 5.98. The Morgan fingerprint density at radius 2 is 2.00 bits per heavy atom. The number of hydrogen-bond donors (Lipinski definition) is 2. The van der Waals surface area contributed by atoms with E-state index < -0.39 is 22.8 Å².